The predicted molar refractivity (Wildman–Crippen MR) is 128 cm³/mol. The molecule has 4 rings (SSSR count). The van der Waals surface area contributed by atoms with Crippen molar-refractivity contribution in [2.45, 2.75) is 23.5 Å². The van der Waals surface area contributed by atoms with Crippen LogP contribution >= 0.6 is 27.7 Å². The Balaban J connectivity index is 1.71. The minimum absolute atomic E-state index is 0.000486. The number of benzene rings is 2. The Labute approximate surface area is 196 Å². The van der Waals surface area contributed by atoms with Gasteiger partial charge in [-0.3, -0.25) is 20.1 Å². The molecular formula is C22H17BrN6O2S. The van der Waals surface area contributed by atoms with Crippen LogP contribution in [0.2, 0.25) is 0 Å². The molecule has 8 nitrogen and oxygen atoms in total. The van der Waals surface area contributed by atoms with Crippen LogP contribution < -0.4 is 0 Å². The Bertz CT molecular complexity index is 1290. The summed E-state index contributed by atoms with van der Waals surface area (Å²) in [5, 5.41) is 20.7. The van der Waals surface area contributed by atoms with Gasteiger partial charge in [-0.1, -0.05) is 22.0 Å². The number of halogens is 1. The zero-order valence-electron chi connectivity index (χ0n) is 16.9. The molecule has 2 aromatic heterocycles. The number of nitro groups is 1. The first-order valence-corrected chi connectivity index (χ1v) is 11.3. The molecule has 0 bridgehead atoms. The molecule has 0 N–H and O–H groups in total. The van der Waals surface area contributed by atoms with Gasteiger partial charge in [-0.15, -0.1) is 10.2 Å². The van der Waals surface area contributed by atoms with Gasteiger partial charge in [-0.2, -0.15) is 0 Å². The van der Waals surface area contributed by atoms with Gasteiger partial charge in [0.05, 0.1) is 10.6 Å². The second-order valence-electron chi connectivity index (χ2n) is 6.61. The van der Waals surface area contributed by atoms with Gasteiger partial charge < -0.3 is 4.57 Å². The molecule has 0 atom stereocenters. The third-order valence-corrected chi connectivity index (χ3v) is 6.11. The number of nitrogens with zero attached hydrogens (tertiary/aromatic N) is 6. The number of pyridine rings is 1. The molecule has 160 valence electrons. The van der Waals surface area contributed by atoms with Crippen LogP contribution in [0.25, 0.3) is 11.4 Å². The molecule has 4 aromatic rings. The molecule has 2 heterocycles. The topological polar surface area (TPSA) is 99.1 Å². The van der Waals surface area contributed by atoms with E-state index in [-0.39, 0.29) is 5.69 Å². The summed E-state index contributed by atoms with van der Waals surface area (Å²) >= 11 is 4.82. The molecule has 0 saturated carbocycles. The number of aliphatic imine (C=N–C) groups is 1. The van der Waals surface area contributed by atoms with Gasteiger partial charge in [0.1, 0.15) is 0 Å². The number of non-ortho nitro benzene ring substituents is 1. The molecule has 0 spiro atoms. The molecule has 0 aliphatic heterocycles. The van der Waals surface area contributed by atoms with Crippen molar-refractivity contribution >= 4 is 45.3 Å². The smallest absolute Gasteiger partial charge is 0.270 e. The summed E-state index contributed by atoms with van der Waals surface area (Å²) in [6, 6.07) is 16.0. The molecule has 2 aromatic carbocycles. The van der Waals surface area contributed by atoms with E-state index in [1.807, 2.05) is 47.9 Å². The van der Waals surface area contributed by atoms with Crippen LogP contribution in [0, 0.1) is 10.1 Å². The summed E-state index contributed by atoms with van der Waals surface area (Å²) < 4.78 is 2.90. The van der Waals surface area contributed by atoms with Gasteiger partial charge in [-0.05, 0) is 55.1 Å². The molecule has 0 amide bonds. The van der Waals surface area contributed by atoms with Crippen molar-refractivity contribution in [1.82, 2.24) is 19.7 Å². The quantitative estimate of drug-likeness (QED) is 0.174. The van der Waals surface area contributed by atoms with Gasteiger partial charge in [0.2, 0.25) is 0 Å². The lowest BCUT2D eigenvalue weighted by molar-refractivity contribution is -0.384. The normalized spacial score (nSPS) is 11.2. The highest BCUT2D eigenvalue weighted by Gasteiger charge is 2.17. The number of hydrogen-bond acceptors (Lipinski definition) is 7. The van der Waals surface area contributed by atoms with E-state index in [1.165, 1.54) is 23.9 Å². The SMILES string of the molecule is CCn1c(Sc2ccc([N+](=O)[O-])cc2C=Nc2cccc(Br)c2)nnc1-c1ccncc1. The highest BCUT2D eigenvalue weighted by Crippen LogP contribution is 2.33. The van der Waals surface area contributed by atoms with Crippen molar-refractivity contribution in [1.29, 1.82) is 0 Å². The Morgan fingerprint density at radius 2 is 1.97 bits per heavy atom. The average Bonchev–Trinajstić information content (AvgIpc) is 3.21. The second kappa shape index (κ2) is 9.84. The summed E-state index contributed by atoms with van der Waals surface area (Å²) in [5.41, 5.74) is 2.28. The van der Waals surface area contributed by atoms with E-state index in [0.717, 1.165) is 26.4 Å². The van der Waals surface area contributed by atoms with Crippen LogP contribution in [0.4, 0.5) is 11.4 Å². The lowest BCUT2D eigenvalue weighted by Gasteiger charge is -2.09. The maximum atomic E-state index is 11.3. The van der Waals surface area contributed by atoms with E-state index in [2.05, 4.69) is 36.1 Å². The molecule has 0 aliphatic rings. The first-order valence-electron chi connectivity index (χ1n) is 9.64. The Hall–Kier alpha value is -3.37. The molecular weight excluding hydrogens is 492 g/mol. The van der Waals surface area contributed by atoms with Gasteiger partial charge in [0, 0.05) is 57.8 Å². The highest BCUT2D eigenvalue weighted by molar-refractivity contribution is 9.10. The zero-order valence-corrected chi connectivity index (χ0v) is 19.3. The van der Waals surface area contributed by atoms with Crippen LogP contribution in [-0.4, -0.2) is 30.9 Å². The molecule has 32 heavy (non-hydrogen) atoms. The summed E-state index contributed by atoms with van der Waals surface area (Å²) in [7, 11) is 0. The molecule has 0 saturated heterocycles. The Morgan fingerprint density at radius 3 is 2.69 bits per heavy atom. The fourth-order valence-electron chi connectivity index (χ4n) is 3.01. The molecule has 10 heteroatoms. The summed E-state index contributed by atoms with van der Waals surface area (Å²) in [4.78, 5) is 20.2. The van der Waals surface area contributed by atoms with Crippen molar-refractivity contribution in [3.63, 3.8) is 0 Å². The second-order valence-corrected chi connectivity index (χ2v) is 8.53. The number of nitro benzene ring substituents is 1. The molecule has 0 radical (unpaired) electrons. The summed E-state index contributed by atoms with van der Waals surface area (Å²) in [5.74, 6) is 0.740. The van der Waals surface area contributed by atoms with Crippen molar-refractivity contribution in [2.24, 2.45) is 4.99 Å². The summed E-state index contributed by atoms with van der Waals surface area (Å²) in [6.45, 7) is 2.69. The Morgan fingerprint density at radius 1 is 1.16 bits per heavy atom. The van der Waals surface area contributed by atoms with Crippen LogP contribution in [-0.2, 0) is 6.54 Å². The molecule has 0 unspecified atom stereocenters. The van der Waals surface area contributed by atoms with Crippen LogP contribution in [0.5, 0.6) is 0 Å². The predicted octanol–water partition coefficient (Wildman–Crippen LogP) is 5.93. The van der Waals surface area contributed by atoms with E-state index >= 15 is 0 Å². The number of aromatic nitrogens is 4. The van der Waals surface area contributed by atoms with Crippen LogP contribution in [0.1, 0.15) is 12.5 Å². The first kappa shape index (κ1) is 21.8. The maximum absolute atomic E-state index is 11.3. The van der Waals surface area contributed by atoms with Gasteiger partial charge in [0.25, 0.3) is 5.69 Å². The minimum Gasteiger partial charge on any atom is -0.302 e. The van der Waals surface area contributed by atoms with Crippen molar-refractivity contribution < 1.29 is 4.92 Å². The zero-order chi connectivity index (χ0) is 22.5. The van der Waals surface area contributed by atoms with E-state index < -0.39 is 4.92 Å². The van der Waals surface area contributed by atoms with Crippen LogP contribution in [0.15, 0.2) is 86.5 Å². The number of hydrogen-bond donors (Lipinski definition) is 0. The van der Waals surface area contributed by atoms with E-state index in [0.29, 0.717) is 17.3 Å². The molecule has 0 aliphatic carbocycles. The lowest BCUT2D eigenvalue weighted by Crippen LogP contribution is -2.00. The maximum Gasteiger partial charge on any atom is 0.270 e. The fourth-order valence-corrected chi connectivity index (χ4v) is 4.36. The van der Waals surface area contributed by atoms with Crippen molar-refractivity contribution in [3.8, 4) is 11.4 Å². The fraction of sp³-hybridized carbons (Fsp3) is 0.0909. The van der Waals surface area contributed by atoms with Gasteiger partial charge >= 0.3 is 0 Å². The molecule has 0 fully saturated rings. The lowest BCUT2D eigenvalue weighted by atomic mass is 10.2. The standard InChI is InChI=1S/C22H17BrN6O2S/c1-2-28-21(15-8-10-24-11-9-15)26-27-22(28)32-20-7-6-19(29(30)31)12-16(20)14-25-18-5-3-4-17(23)13-18/h3-14H,2H2,1H3. The Kier molecular flexibility index (Phi) is 6.72. The van der Waals surface area contributed by atoms with Crippen molar-refractivity contribution in [3.05, 3.63) is 87.1 Å². The summed E-state index contributed by atoms with van der Waals surface area (Å²) in [6.07, 6.45) is 5.06. The largest absolute Gasteiger partial charge is 0.302 e. The monoisotopic (exact) mass is 508 g/mol. The third-order valence-electron chi connectivity index (χ3n) is 4.54. The minimum atomic E-state index is -0.416. The van der Waals surface area contributed by atoms with Crippen molar-refractivity contribution in [2.75, 3.05) is 0 Å². The van der Waals surface area contributed by atoms with Gasteiger partial charge in [-0.25, -0.2) is 0 Å². The van der Waals surface area contributed by atoms with Gasteiger partial charge in [0.15, 0.2) is 11.0 Å². The average molecular weight is 509 g/mol. The highest BCUT2D eigenvalue weighted by atomic mass is 79.9. The van der Waals surface area contributed by atoms with E-state index in [4.69, 9.17) is 0 Å². The van der Waals surface area contributed by atoms with E-state index in [9.17, 15) is 10.1 Å². The number of rotatable bonds is 7. The third kappa shape index (κ3) is 4.92. The first-order chi connectivity index (χ1) is 15.5. The van der Waals surface area contributed by atoms with Crippen LogP contribution in [0.3, 0.4) is 0 Å². The van der Waals surface area contributed by atoms with E-state index in [1.54, 1.807) is 24.7 Å².